The molecule has 0 aromatic heterocycles. The van der Waals surface area contributed by atoms with Gasteiger partial charge in [0, 0.05) is 49.0 Å². The zero-order valence-electron chi connectivity index (χ0n) is 28.1. The molecule has 262 valence electrons. The highest BCUT2D eigenvalue weighted by Gasteiger charge is 2.49. The van der Waals surface area contributed by atoms with Crippen molar-refractivity contribution in [3.05, 3.63) is 51.6 Å². The molecule has 3 aliphatic rings. The zero-order chi connectivity index (χ0) is 34.4. The van der Waals surface area contributed by atoms with Gasteiger partial charge in [-0.3, -0.25) is 19.4 Å². The lowest BCUT2D eigenvalue weighted by Gasteiger charge is -2.42. The second-order valence-corrected chi connectivity index (χ2v) is 12.7. The van der Waals surface area contributed by atoms with Gasteiger partial charge in [0.15, 0.2) is 17.9 Å². The van der Waals surface area contributed by atoms with Crippen LogP contribution in [0.2, 0.25) is 0 Å². The Hall–Kier alpha value is -3.55. The van der Waals surface area contributed by atoms with Crippen LogP contribution in [-0.4, -0.2) is 98.9 Å². The molecule has 13 heteroatoms. The molecular weight excluding hydrogens is 644 g/mol. The molecule has 1 saturated heterocycles. The Balaban J connectivity index is 0.00000520. The Morgan fingerprint density at radius 1 is 1.06 bits per heavy atom. The topological polar surface area (TPSA) is 175 Å². The second kappa shape index (κ2) is 14.5. The minimum Gasteiger partial charge on any atom is -0.507 e. The van der Waals surface area contributed by atoms with Crippen molar-refractivity contribution in [1.82, 2.24) is 4.90 Å². The first kappa shape index (κ1) is 37.3. The number of ketones is 3. The van der Waals surface area contributed by atoms with E-state index in [1.54, 1.807) is 6.92 Å². The van der Waals surface area contributed by atoms with Gasteiger partial charge in [0.25, 0.3) is 0 Å². The lowest BCUT2D eigenvalue weighted by molar-refractivity contribution is -0.247. The summed E-state index contributed by atoms with van der Waals surface area (Å²) < 4.78 is 17.7. The van der Waals surface area contributed by atoms with E-state index in [-0.39, 0.29) is 53.3 Å². The molecule has 1 aliphatic heterocycles. The van der Waals surface area contributed by atoms with E-state index in [1.165, 1.54) is 32.2 Å². The van der Waals surface area contributed by atoms with Crippen molar-refractivity contribution in [2.24, 2.45) is 4.99 Å². The van der Waals surface area contributed by atoms with Crippen LogP contribution in [0.25, 0.3) is 0 Å². The number of aromatic hydroxyl groups is 2. The lowest BCUT2D eigenvalue weighted by atomic mass is 9.72. The summed E-state index contributed by atoms with van der Waals surface area (Å²) in [6, 6.07) is 3.87. The van der Waals surface area contributed by atoms with Crippen LogP contribution in [0.1, 0.15) is 109 Å². The van der Waals surface area contributed by atoms with Crippen LogP contribution in [-0.2, 0) is 20.7 Å². The number of aliphatic hydroxyl groups excluding tert-OH is 1. The Labute approximate surface area is 286 Å². The van der Waals surface area contributed by atoms with Crippen molar-refractivity contribution in [1.29, 1.82) is 0 Å². The van der Waals surface area contributed by atoms with Gasteiger partial charge in [-0.2, -0.15) is 0 Å². The highest BCUT2D eigenvalue weighted by molar-refractivity contribution is 6.31. The Morgan fingerprint density at radius 3 is 2.31 bits per heavy atom. The number of phenolic OH excluding ortho intramolecular Hbond substituents is 2. The third-order valence-electron chi connectivity index (χ3n) is 9.52. The number of amidine groups is 1. The van der Waals surface area contributed by atoms with E-state index in [0.717, 1.165) is 31.8 Å². The van der Waals surface area contributed by atoms with Gasteiger partial charge in [-0.15, -0.1) is 12.4 Å². The van der Waals surface area contributed by atoms with E-state index in [1.807, 2.05) is 6.92 Å². The van der Waals surface area contributed by atoms with Gasteiger partial charge in [-0.1, -0.05) is 26.0 Å². The SMILES string of the molecule is CCCN(CCC)C(C)=N[C@H]1CC(O[C@H]2CC(O)(C(C)=O)Cc3c(O)c4c(c(O)c32)C(=O)c2c(OC)cccc2C4=O)OC(C)C1O.Cl. The predicted octanol–water partition coefficient (Wildman–Crippen LogP) is 4.03. The molecule has 0 spiro atoms. The molecule has 0 bridgehead atoms. The predicted molar refractivity (Wildman–Crippen MR) is 179 cm³/mol. The van der Waals surface area contributed by atoms with Gasteiger partial charge in [0.1, 0.15) is 29.0 Å². The summed E-state index contributed by atoms with van der Waals surface area (Å²) in [4.78, 5) is 47.3. The summed E-state index contributed by atoms with van der Waals surface area (Å²) in [7, 11) is 1.35. The molecule has 0 saturated carbocycles. The molecule has 1 heterocycles. The number of carbonyl (C=O) groups excluding carboxylic acids is 3. The van der Waals surface area contributed by atoms with Gasteiger partial charge in [0.05, 0.1) is 47.9 Å². The maximum absolute atomic E-state index is 13.9. The van der Waals surface area contributed by atoms with E-state index < -0.39 is 82.6 Å². The Morgan fingerprint density at radius 2 is 1.71 bits per heavy atom. The highest BCUT2D eigenvalue weighted by Crippen LogP contribution is 2.52. The lowest BCUT2D eigenvalue weighted by Crippen LogP contribution is -2.49. The van der Waals surface area contributed by atoms with Crippen LogP contribution in [0, 0.1) is 0 Å². The van der Waals surface area contributed by atoms with Gasteiger partial charge in [-0.05, 0) is 39.7 Å². The number of ether oxygens (including phenoxy) is 3. The monoisotopic (exact) mass is 688 g/mol. The number of carbonyl (C=O) groups is 3. The third-order valence-corrected chi connectivity index (χ3v) is 9.52. The molecule has 48 heavy (non-hydrogen) atoms. The number of nitrogens with zero attached hydrogens (tertiary/aromatic N) is 2. The molecule has 2 aromatic carbocycles. The van der Waals surface area contributed by atoms with Crippen molar-refractivity contribution >= 4 is 35.6 Å². The largest absolute Gasteiger partial charge is 0.507 e. The maximum atomic E-state index is 13.9. The fourth-order valence-corrected chi connectivity index (χ4v) is 7.02. The average Bonchev–Trinajstić information content (AvgIpc) is 3.03. The fourth-order valence-electron chi connectivity index (χ4n) is 7.02. The number of aliphatic hydroxyl groups is 2. The number of hydrogen-bond acceptors (Lipinski definition) is 11. The quantitative estimate of drug-likeness (QED) is 0.145. The molecule has 4 unspecified atom stereocenters. The smallest absolute Gasteiger partial charge is 0.202 e. The number of aliphatic imine (C=N–C) groups is 1. The fraction of sp³-hybridized carbons (Fsp3) is 0.543. The van der Waals surface area contributed by atoms with Gasteiger partial charge >= 0.3 is 0 Å². The van der Waals surface area contributed by atoms with E-state index >= 15 is 0 Å². The summed E-state index contributed by atoms with van der Waals surface area (Å²) >= 11 is 0. The van der Waals surface area contributed by atoms with Crippen molar-refractivity contribution < 1.29 is 49.0 Å². The molecule has 0 radical (unpaired) electrons. The molecule has 0 amide bonds. The molecule has 1 fully saturated rings. The van der Waals surface area contributed by atoms with E-state index in [2.05, 4.69) is 18.7 Å². The number of phenols is 2. The normalized spacial score (nSPS) is 26.6. The van der Waals surface area contributed by atoms with Crippen LogP contribution in [0.4, 0.5) is 0 Å². The van der Waals surface area contributed by atoms with Crippen LogP contribution in [0.5, 0.6) is 17.2 Å². The first-order valence-corrected chi connectivity index (χ1v) is 16.2. The number of Topliss-reactive ketones (excluding diaryl/α,β-unsaturated/α-hetero) is 1. The van der Waals surface area contributed by atoms with E-state index in [0.29, 0.717) is 0 Å². The van der Waals surface area contributed by atoms with Crippen LogP contribution >= 0.6 is 12.4 Å². The summed E-state index contributed by atoms with van der Waals surface area (Å²) in [6.07, 6.45) is -2.68. The zero-order valence-corrected chi connectivity index (χ0v) is 28.9. The number of halogens is 1. The minimum absolute atomic E-state index is 0. The average molecular weight is 689 g/mol. The van der Waals surface area contributed by atoms with Crippen LogP contribution < -0.4 is 4.74 Å². The summed E-state index contributed by atoms with van der Waals surface area (Å²) in [5.74, 6) is -2.37. The summed E-state index contributed by atoms with van der Waals surface area (Å²) in [6.45, 7) is 10.6. The minimum atomic E-state index is -2.02. The van der Waals surface area contributed by atoms with Crippen molar-refractivity contribution in [2.75, 3.05) is 20.2 Å². The van der Waals surface area contributed by atoms with E-state index in [4.69, 9.17) is 19.2 Å². The molecular formula is C35H45ClN2O10. The van der Waals surface area contributed by atoms with E-state index in [9.17, 15) is 34.8 Å². The Kier molecular flexibility index (Phi) is 11.3. The van der Waals surface area contributed by atoms with Crippen molar-refractivity contribution in [3.8, 4) is 17.2 Å². The first-order valence-electron chi connectivity index (χ1n) is 16.2. The number of hydrogen-bond donors (Lipinski definition) is 4. The number of rotatable bonds is 9. The number of benzene rings is 2. The van der Waals surface area contributed by atoms with Crippen molar-refractivity contribution in [2.45, 2.75) is 103 Å². The third kappa shape index (κ3) is 6.44. The molecule has 4 N–H and O–H groups in total. The highest BCUT2D eigenvalue weighted by atomic mass is 35.5. The Bertz CT molecular complexity index is 1620. The van der Waals surface area contributed by atoms with Crippen LogP contribution in [0.15, 0.2) is 23.2 Å². The molecule has 6 atom stereocenters. The first-order chi connectivity index (χ1) is 22.3. The molecule has 12 nitrogen and oxygen atoms in total. The summed E-state index contributed by atoms with van der Waals surface area (Å²) in [5, 5.41) is 45.8. The standard InChI is InChI=1S/C35H44N2O10.ClH/c1-7-12-37(13-8-2)19(5)36-22-14-25(46-17(3)30(22)39)47-24-16-35(44,18(4)38)15-21-27(24)34(43)29-28(32(21)41)31(40)20-10-9-11-23(45-6)26(20)33(29)42;/h9-11,17,22,24-25,30,39,41,43-44H,7-8,12-16H2,1-6H3;1H/t17?,22-,24-,25?,30?,35?;/m0./s1. The van der Waals surface area contributed by atoms with Crippen molar-refractivity contribution in [3.63, 3.8) is 0 Å². The van der Waals surface area contributed by atoms with Gasteiger partial charge in [0.2, 0.25) is 5.78 Å². The molecule has 2 aromatic rings. The second-order valence-electron chi connectivity index (χ2n) is 12.7. The molecule has 5 rings (SSSR count). The molecule has 2 aliphatic carbocycles. The number of methoxy groups -OCH3 is 1. The van der Waals surface area contributed by atoms with Gasteiger partial charge < -0.3 is 39.5 Å². The van der Waals surface area contributed by atoms with Gasteiger partial charge in [-0.25, -0.2) is 0 Å². The number of fused-ring (bicyclic) bond motifs is 3. The summed E-state index contributed by atoms with van der Waals surface area (Å²) in [5.41, 5.74) is -3.02. The maximum Gasteiger partial charge on any atom is 0.202 e. The van der Waals surface area contributed by atoms with Crippen LogP contribution in [0.3, 0.4) is 0 Å².